The third-order valence-corrected chi connectivity index (χ3v) is 4.45. The largest absolute Gasteiger partial charge is 0.396 e. The smallest absolute Gasteiger partial charge is 0.110 e. The third kappa shape index (κ3) is 3.15. The first-order valence-corrected chi connectivity index (χ1v) is 8.22. The van der Waals surface area contributed by atoms with Crippen molar-refractivity contribution in [2.45, 2.75) is 40.2 Å². The van der Waals surface area contributed by atoms with E-state index in [1.54, 1.807) is 0 Å². The third-order valence-electron chi connectivity index (χ3n) is 4.45. The summed E-state index contributed by atoms with van der Waals surface area (Å²) in [5.41, 5.74) is 7.52. The molecule has 0 fully saturated rings. The Balaban J connectivity index is 2.08. The molecule has 3 nitrogen and oxygen atoms in total. The van der Waals surface area contributed by atoms with Gasteiger partial charge in [0.2, 0.25) is 0 Å². The summed E-state index contributed by atoms with van der Waals surface area (Å²) < 4.78 is 2.30. The highest BCUT2D eigenvalue weighted by molar-refractivity contribution is 5.76. The van der Waals surface area contributed by atoms with E-state index < -0.39 is 0 Å². The van der Waals surface area contributed by atoms with Gasteiger partial charge in [-0.05, 0) is 56.0 Å². The summed E-state index contributed by atoms with van der Waals surface area (Å²) in [6, 6.07) is 12.8. The number of rotatable bonds is 5. The van der Waals surface area contributed by atoms with E-state index in [0.717, 1.165) is 30.7 Å². The number of hydrogen-bond donors (Lipinski definition) is 1. The van der Waals surface area contributed by atoms with Gasteiger partial charge in [0.05, 0.1) is 11.0 Å². The van der Waals surface area contributed by atoms with E-state index >= 15 is 0 Å². The Morgan fingerprint density at radius 3 is 2.43 bits per heavy atom. The summed E-state index contributed by atoms with van der Waals surface area (Å²) in [7, 11) is 0. The minimum absolute atomic E-state index is 0.200. The van der Waals surface area contributed by atoms with Crippen molar-refractivity contribution >= 4 is 11.0 Å². The zero-order chi connectivity index (χ0) is 16.4. The van der Waals surface area contributed by atoms with Crippen LogP contribution in [0.25, 0.3) is 11.0 Å². The Morgan fingerprint density at radius 2 is 1.74 bits per heavy atom. The van der Waals surface area contributed by atoms with Crippen LogP contribution in [0, 0.1) is 20.8 Å². The summed E-state index contributed by atoms with van der Waals surface area (Å²) in [4.78, 5) is 4.78. The standard InChI is InChI=1S/C20H24N2O/c1-14-11-15(2)17(16(3)12-14)13-22-19-8-5-4-7-18(19)21-20(22)9-6-10-23/h4-5,7-8,11-12,23H,6,9-10,13H2,1-3H3. The number of aliphatic hydroxyl groups excluding tert-OH is 1. The Kier molecular flexibility index (Phi) is 4.49. The van der Waals surface area contributed by atoms with Crippen molar-refractivity contribution in [1.29, 1.82) is 0 Å². The minimum atomic E-state index is 0.200. The molecule has 0 aliphatic rings. The average molecular weight is 308 g/mol. The molecule has 0 saturated carbocycles. The van der Waals surface area contributed by atoms with Crippen LogP contribution in [0.3, 0.4) is 0 Å². The molecule has 0 unspecified atom stereocenters. The maximum absolute atomic E-state index is 9.16. The number of aliphatic hydroxyl groups is 1. The first-order chi connectivity index (χ1) is 11.1. The van der Waals surface area contributed by atoms with Crippen LogP contribution in [0.15, 0.2) is 36.4 Å². The second-order valence-electron chi connectivity index (χ2n) is 6.31. The predicted molar refractivity (Wildman–Crippen MR) is 94.9 cm³/mol. The fourth-order valence-electron chi connectivity index (χ4n) is 3.35. The zero-order valence-electron chi connectivity index (χ0n) is 14.1. The fraction of sp³-hybridized carbons (Fsp3) is 0.350. The Morgan fingerprint density at radius 1 is 1.04 bits per heavy atom. The lowest BCUT2D eigenvalue weighted by molar-refractivity contribution is 0.287. The van der Waals surface area contributed by atoms with Gasteiger partial charge in [-0.3, -0.25) is 0 Å². The molecule has 1 aromatic heterocycles. The van der Waals surface area contributed by atoms with Crippen molar-refractivity contribution in [2.75, 3.05) is 6.61 Å². The second-order valence-corrected chi connectivity index (χ2v) is 6.31. The molecule has 3 aromatic rings. The van der Waals surface area contributed by atoms with E-state index in [4.69, 9.17) is 10.1 Å². The highest BCUT2D eigenvalue weighted by atomic mass is 16.2. The van der Waals surface area contributed by atoms with E-state index in [1.165, 1.54) is 27.8 Å². The number of imidazole rings is 1. The van der Waals surface area contributed by atoms with Gasteiger partial charge in [-0.15, -0.1) is 0 Å². The first-order valence-electron chi connectivity index (χ1n) is 8.22. The Labute approximate surface area is 137 Å². The van der Waals surface area contributed by atoms with Crippen LogP contribution < -0.4 is 0 Å². The van der Waals surface area contributed by atoms with E-state index in [1.807, 2.05) is 6.07 Å². The number of nitrogens with zero attached hydrogens (tertiary/aromatic N) is 2. The quantitative estimate of drug-likeness (QED) is 0.775. The van der Waals surface area contributed by atoms with E-state index in [9.17, 15) is 0 Å². The molecule has 1 heterocycles. The first kappa shape index (κ1) is 15.8. The predicted octanol–water partition coefficient (Wildman–Crippen LogP) is 3.93. The molecular formula is C20H24N2O. The van der Waals surface area contributed by atoms with Gasteiger partial charge in [0.1, 0.15) is 5.82 Å². The number of para-hydroxylation sites is 2. The highest BCUT2D eigenvalue weighted by Gasteiger charge is 2.13. The molecule has 0 atom stereocenters. The van der Waals surface area contributed by atoms with Crippen molar-refractivity contribution in [3.8, 4) is 0 Å². The molecule has 23 heavy (non-hydrogen) atoms. The van der Waals surface area contributed by atoms with Crippen LogP contribution in [0.4, 0.5) is 0 Å². The molecule has 0 aliphatic heterocycles. The molecule has 0 bridgehead atoms. The minimum Gasteiger partial charge on any atom is -0.396 e. The summed E-state index contributed by atoms with van der Waals surface area (Å²) in [5, 5.41) is 9.16. The molecule has 0 aliphatic carbocycles. The maximum Gasteiger partial charge on any atom is 0.110 e. The molecule has 3 heteroatoms. The molecule has 0 saturated heterocycles. The van der Waals surface area contributed by atoms with Gasteiger partial charge in [0.25, 0.3) is 0 Å². The molecule has 1 N–H and O–H groups in total. The van der Waals surface area contributed by atoms with Crippen molar-refractivity contribution < 1.29 is 5.11 Å². The van der Waals surface area contributed by atoms with Crippen molar-refractivity contribution in [1.82, 2.24) is 9.55 Å². The lowest BCUT2D eigenvalue weighted by Crippen LogP contribution is -2.09. The van der Waals surface area contributed by atoms with E-state index in [2.05, 4.69) is 55.7 Å². The second kappa shape index (κ2) is 6.55. The Hall–Kier alpha value is -2.13. The number of hydrogen-bond acceptors (Lipinski definition) is 2. The van der Waals surface area contributed by atoms with Crippen LogP contribution in [-0.4, -0.2) is 21.3 Å². The fourth-order valence-corrected chi connectivity index (χ4v) is 3.35. The molecule has 0 amide bonds. The Bertz CT molecular complexity index is 810. The van der Waals surface area contributed by atoms with Crippen LogP contribution >= 0.6 is 0 Å². The summed E-state index contributed by atoms with van der Waals surface area (Å²) in [6.45, 7) is 7.54. The molecule has 2 aromatic carbocycles. The number of aryl methyl sites for hydroxylation is 4. The van der Waals surface area contributed by atoms with Crippen LogP contribution in [0.5, 0.6) is 0 Å². The van der Waals surface area contributed by atoms with Crippen molar-refractivity contribution in [3.63, 3.8) is 0 Å². The summed E-state index contributed by atoms with van der Waals surface area (Å²) >= 11 is 0. The van der Waals surface area contributed by atoms with Gasteiger partial charge < -0.3 is 9.67 Å². The van der Waals surface area contributed by atoms with Crippen LogP contribution in [-0.2, 0) is 13.0 Å². The molecular weight excluding hydrogens is 284 g/mol. The van der Waals surface area contributed by atoms with Crippen LogP contribution in [0.2, 0.25) is 0 Å². The van der Waals surface area contributed by atoms with Crippen LogP contribution in [0.1, 0.15) is 34.5 Å². The maximum atomic E-state index is 9.16. The van der Waals surface area contributed by atoms with Gasteiger partial charge in [-0.25, -0.2) is 4.98 Å². The highest BCUT2D eigenvalue weighted by Crippen LogP contribution is 2.23. The lowest BCUT2D eigenvalue weighted by atomic mass is 9.99. The summed E-state index contributed by atoms with van der Waals surface area (Å²) in [5.74, 6) is 1.06. The van der Waals surface area contributed by atoms with Gasteiger partial charge in [-0.1, -0.05) is 29.8 Å². The molecule has 120 valence electrons. The van der Waals surface area contributed by atoms with Gasteiger partial charge >= 0.3 is 0 Å². The van der Waals surface area contributed by atoms with Crippen molar-refractivity contribution in [3.05, 3.63) is 64.5 Å². The van der Waals surface area contributed by atoms with Gasteiger partial charge in [0, 0.05) is 19.6 Å². The van der Waals surface area contributed by atoms with Crippen molar-refractivity contribution in [2.24, 2.45) is 0 Å². The van der Waals surface area contributed by atoms with Gasteiger partial charge in [-0.2, -0.15) is 0 Å². The monoisotopic (exact) mass is 308 g/mol. The van der Waals surface area contributed by atoms with E-state index in [0.29, 0.717) is 0 Å². The summed E-state index contributed by atoms with van der Waals surface area (Å²) in [6.07, 6.45) is 1.55. The number of benzene rings is 2. The molecule has 0 radical (unpaired) electrons. The lowest BCUT2D eigenvalue weighted by Gasteiger charge is -2.15. The molecule has 0 spiro atoms. The van der Waals surface area contributed by atoms with E-state index in [-0.39, 0.29) is 6.61 Å². The zero-order valence-corrected chi connectivity index (χ0v) is 14.1. The number of aromatic nitrogens is 2. The van der Waals surface area contributed by atoms with Gasteiger partial charge in [0.15, 0.2) is 0 Å². The molecule has 3 rings (SSSR count). The topological polar surface area (TPSA) is 38.0 Å². The normalized spacial score (nSPS) is 11.3. The number of fused-ring (bicyclic) bond motifs is 1. The average Bonchev–Trinajstić information content (AvgIpc) is 2.86. The SMILES string of the molecule is Cc1cc(C)c(Cn2c(CCCO)nc3ccccc32)c(C)c1.